The maximum atomic E-state index is 13.6. The van der Waals surface area contributed by atoms with Crippen LogP contribution in [0.3, 0.4) is 0 Å². The van der Waals surface area contributed by atoms with E-state index in [0.717, 1.165) is 6.20 Å². The maximum absolute atomic E-state index is 13.6. The lowest BCUT2D eigenvalue weighted by atomic mass is 10.1. The van der Waals surface area contributed by atoms with Crippen molar-refractivity contribution in [2.75, 3.05) is 17.7 Å². The Labute approximate surface area is 175 Å². The Balaban J connectivity index is 2.05. The van der Waals surface area contributed by atoms with Crippen molar-refractivity contribution >= 4 is 40.4 Å². The second kappa shape index (κ2) is 8.23. The van der Waals surface area contributed by atoms with Crippen LogP contribution in [0.1, 0.15) is 21.6 Å². The summed E-state index contributed by atoms with van der Waals surface area (Å²) in [6, 6.07) is 5.50. The molecule has 30 heavy (non-hydrogen) atoms. The molecule has 158 valence electrons. The standard InChI is InChI=1S/C19H18ClF3N6O/c1-10-16(9-29(3)28-10)27-17-7-15(13(8-25-17)19(21,22)23)26-14-6-11(20)4-5-12(14)18(30)24-2/h4-9H,1-3H3,(H,24,30)(H2,25,26,27). The molecule has 3 rings (SSSR count). The molecule has 0 saturated carbocycles. The van der Waals surface area contributed by atoms with Crippen molar-refractivity contribution in [2.24, 2.45) is 7.05 Å². The Morgan fingerprint density at radius 3 is 2.47 bits per heavy atom. The Kier molecular flexibility index (Phi) is 5.88. The van der Waals surface area contributed by atoms with Crippen LogP contribution in [0.4, 0.5) is 36.1 Å². The summed E-state index contributed by atoms with van der Waals surface area (Å²) in [6.45, 7) is 1.76. The van der Waals surface area contributed by atoms with Gasteiger partial charge in [-0.1, -0.05) is 11.6 Å². The number of benzene rings is 1. The molecule has 0 bridgehead atoms. The van der Waals surface area contributed by atoms with E-state index >= 15 is 0 Å². The fourth-order valence-corrected chi connectivity index (χ4v) is 2.98. The first kappa shape index (κ1) is 21.4. The van der Waals surface area contributed by atoms with E-state index in [2.05, 4.69) is 26.0 Å². The van der Waals surface area contributed by atoms with Crippen molar-refractivity contribution in [3.8, 4) is 0 Å². The number of halogens is 4. The number of hydrogen-bond acceptors (Lipinski definition) is 5. The molecule has 1 amide bonds. The highest BCUT2D eigenvalue weighted by atomic mass is 35.5. The number of carbonyl (C=O) groups excluding carboxylic acids is 1. The van der Waals surface area contributed by atoms with E-state index in [0.29, 0.717) is 11.4 Å². The molecule has 0 fully saturated rings. The smallest absolute Gasteiger partial charge is 0.355 e. The fourth-order valence-electron chi connectivity index (χ4n) is 2.81. The molecule has 0 radical (unpaired) electrons. The van der Waals surface area contributed by atoms with E-state index in [-0.39, 0.29) is 27.8 Å². The predicted octanol–water partition coefficient (Wildman–Crippen LogP) is 4.64. The van der Waals surface area contributed by atoms with E-state index in [9.17, 15) is 18.0 Å². The number of aryl methyl sites for hydroxylation is 2. The lowest BCUT2D eigenvalue weighted by Crippen LogP contribution is -2.19. The number of nitrogens with one attached hydrogen (secondary N) is 3. The zero-order valence-electron chi connectivity index (χ0n) is 16.2. The Hall–Kier alpha value is -3.27. The number of carbonyl (C=O) groups is 1. The molecule has 1 aromatic carbocycles. The van der Waals surface area contributed by atoms with Crippen molar-refractivity contribution in [2.45, 2.75) is 13.1 Å². The summed E-state index contributed by atoms with van der Waals surface area (Å²) < 4.78 is 42.3. The van der Waals surface area contributed by atoms with Crippen LogP contribution in [0.25, 0.3) is 0 Å². The van der Waals surface area contributed by atoms with Crippen LogP contribution in [-0.4, -0.2) is 27.7 Å². The number of alkyl halides is 3. The molecule has 2 aromatic heterocycles. The van der Waals surface area contributed by atoms with E-state index in [4.69, 9.17) is 11.6 Å². The number of hydrogen-bond donors (Lipinski definition) is 3. The van der Waals surface area contributed by atoms with Gasteiger partial charge >= 0.3 is 6.18 Å². The second-order valence-corrected chi connectivity index (χ2v) is 6.87. The van der Waals surface area contributed by atoms with Crippen LogP contribution in [0.5, 0.6) is 0 Å². The largest absolute Gasteiger partial charge is 0.419 e. The minimum atomic E-state index is -4.66. The molecule has 7 nitrogen and oxygen atoms in total. The van der Waals surface area contributed by atoms with Crippen LogP contribution in [0.15, 0.2) is 36.7 Å². The molecule has 3 N–H and O–H groups in total. The normalized spacial score (nSPS) is 11.3. The van der Waals surface area contributed by atoms with Gasteiger partial charge in [0.2, 0.25) is 0 Å². The van der Waals surface area contributed by atoms with Gasteiger partial charge in [-0.2, -0.15) is 18.3 Å². The van der Waals surface area contributed by atoms with Gasteiger partial charge in [0, 0.05) is 37.6 Å². The van der Waals surface area contributed by atoms with Crippen molar-refractivity contribution in [3.63, 3.8) is 0 Å². The summed E-state index contributed by atoms with van der Waals surface area (Å²) >= 11 is 5.99. The Morgan fingerprint density at radius 2 is 1.87 bits per heavy atom. The molecule has 2 heterocycles. The molecule has 0 spiro atoms. The lowest BCUT2D eigenvalue weighted by molar-refractivity contribution is -0.137. The number of rotatable bonds is 5. The zero-order chi connectivity index (χ0) is 22.1. The van der Waals surface area contributed by atoms with Crippen LogP contribution >= 0.6 is 11.6 Å². The SMILES string of the molecule is CNC(=O)c1ccc(Cl)cc1Nc1cc(Nc2cn(C)nc2C)ncc1C(F)(F)F. The number of amides is 1. The number of aromatic nitrogens is 3. The molecule has 0 atom stereocenters. The maximum Gasteiger partial charge on any atom is 0.419 e. The van der Waals surface area contributed by atoms with Gasteiger partial charge in [-0.05, 0) is 25.1 Å². The van der Waals surface area contributed by atoms with Crippen LogP contribution in [-0.2, 0) is 13.2 Å². The van der Waals surface area contributed by atoms with Crippen molar-refractivity contribution in [1.29, 1.82) is 0 Å². The third-order valence-corrected chi connectivity index (χ3v) is 4.44. The Bertz CT molecular complexity index is 1100. The summed E-state index contributed by atoms with van der Waals surface area (Å²) in [7, 11) is 3.15. The lowest BCUT2D eigenvalue weighted by Gasteiger charge is -2.17. The molecular weight excluding hydrogens is 421 g/mol. The Morgan fingerprint density at radius 1 is 1.13 bits per heavy atom. The van der Waals surface area contributed by atoms with Crippen LogP contribution in [0.2, 0.25) is 5.02 Å². The third-order valence-electron chi connectivity index (χ3n) is 4.21. The van der Waals surface area contributed by atoms with Gasteiger partial charge in [0.1, 0.15) is 5.82 Å². The minimum Gasteiger partial charge on any atom is -0.355 e. The molecule has 11 heteroatoms. The second-order valence-electron chi connectivity index (χ2n) is 6.43. The topological polar surface area (TPSA) is 83.9 Å². The minimum absolute atomic E-state index is 0.127. The number of anilines is 4. The van der Waals surface area contributed by atoms with Gasteiger partial charge < -0.3 is 16.0 Å². The third kappa shape index (κ3) is 4.65. The number of pyridine rings is 1. The average Bonchev–Trinajstić information content (AvgIpc) is 2.97. The van der Waals surface area contributed by atoms with Gasteiger partial charge in [-0.3, -0.25) is 9.48 Å². The summed E-state index contributed by atoms with van der Waals surface area (Å²) in [5.74, 6) is -0.300. The monoisotopic (exact) mass is 438 g/mol. The van der Waals surface area contributed by atoms with E-state index < -0.39 is 17.6 Å². The van der Waals surface area contributed by atoms with Gasteiger partial charge in [-0.15, -0.1) is 0 Å². The first-order valence-electron chi connectivity index (χ1n) is 8.71. The average molecular weight is 439 g/mol. The highest BCUT2D eigenvalue weighted by molar-refractivity contribution is 6.31. The molecule has 0 aliphatic rings. The first-order valence-corrected chi connectivity index (χ1v) is 9.09. The van der Waals surface area contributed by atoms with Crippen molar-refractivity contribution < 1.29 is 18.0 Å². The fraction of sp³-hybridized carbons (Fsp3) is 0.211. The van der Waals surface area contributed by atoms with Crippen molar-refractivity contribution in [3.05, 3.63) is 58.5 Å². The van der Waals surface area contributed by atoms with Crippen LogP contribution in [0, 0.1) is 6.92 Å². The van der Waals surface area contributed by atoms with Crippen LogP contribution < -0.4 is 16.0 Å². The van der Waals surface area contributed by atoms with Crippen molar-refractivity contribution in [1.82, 2.24) is 20.1 Å². The molecule has 0 unspecified atom stereocenters. The molecule has 0 saturated heterocycles. The highest BCUT2D eigenvalue weighted by Crippen LogP contribution is 2.38. The van der Waals surface area contributed by atoms with Gasteiger partial charge in [0.05, 0.1) is 33.9 Å². The highest BCUT2D eigenvalue weighted by Gasteiger charge is 2.34. The van der Waals surface area contributed by atoms with E-state index in [1.54, 1.807) is 24.9 Å². The predicted molar refractivity (Wildman–Crippen MR) is 109 cm³/mol. The molecule has 3 aromatic rings. The van der Waals surface area contributed by atoms with Gasteiger partial charge in [0.25, 0.3) is 5.91 Å². The quantitative estimate of drug-likeness (QED) is 0.540. The summed E-state index contributed by atoms with van der Waals surface area (Å²) in [5.41, 5.74) is 0.259. The first-order chi connectivity index (χ1) is 14.1. The summed E-state index contributed by atoms with van der Waals surface area (Å²) in [4.78, 5) is 16.0. The summed E-state index contributed by atoms with van der Waals surface area (Å²) in [6.07, 6.45) is -2.26. The molecule has 0 aliphatic carbocycles. The zero-order valence-corrected chi connectivity index (χ0v) is 17.0. The summed E-state index contributed by atoms with van der Waals surface area (Å²) in [5, 5.41) is 12.5. The van der Waals surface area contributed by atoms with E-state index in [1.807, 2.05) is 0 Å². The van der Waals surface area contributed by atoms with Gasteiger partial charge in [-0.25, -0.2) is 4.98 Å². The molecular formula is C19H18ClF3N6O. The molecule has 0 aliphatic heterocycles. The number of nitrogens with zero attached hydrogens (tertiary/aromatic N) is 3. The van der Waals surface area contributed by atoms with E-state index in [1.165, 1.54) is 31.3 Å². The van der Waals surface area contributed by atoms with Gasteiger partial charge in [0.15, 0.2) is 0 Å².